The molecule has 1 aliphatic rings. The molecule has 0 amide bonds. The first-order valence-corrected chi connectivity index (χ1v) is 6.01. The molecule has 4 nitrogen and oxygen atoms in total. The first kappa shape index (κ1) is 12.4. The van der Waals surface area contributed by atoms with E-state index >= 15 is 0 Å². The molecular weight excluding hydrogens is 216 g/mol. The van der Waals surface area contributed by atoms with Gasteiger partial charge in [0.25, 0.3) is 0 Å². The highest BCUT2D eigenvalue weighted by Crippen LogP contribution is 2.21. The number of aromatic hydroxyl groups is 1. The number of phenolic OH excluding ortho intramolecular Hbond substituents is 1. The molecule has 1 aliphatic heterocycles. The minimum absolute atomic E-state index is 0.0238. The second-order valence-electron chi connectivity index (χ2n) is 4.70. The van der Waals surface area contributed by atoms with Gasteiger partial charge in [-0.2, -0.15) is 0 Å². The van der Waals surface area contributed by atoms with Crippen molar-refractivity contribution >= 4 is 0 Å². The third kappa shape index (κ3) is 3.19. The Balaban J connectivity index is 2.02. The highest BCUT2D eigenvalue weighted by Gasteiger charge is 2.15. The zero-order chi connectivity index (χ0) is 12.3. The maximum atomic E-state index is 9.79. The SMILES string of the molecule is CN1CCN(Cc2cc(CO)ccc2O)CC1. The van der Waals surface area contributed by atoms with Crippen LogP contribution in [0.15, 0.2) is 18.2 Å². The van der Waals surface area contributed by atoms with Crippen LogP contribution in [-0.2, 0) is 13.2 Å². The average Bonchev–Trinajstić information content (AvgIpc) is 2.35. The Kier molecular flexibility index (Phi) is 3.99. The number of phenols is 1. The van der Waals surface area contributed by atoms with Gasteiger partial charge in [0.1, 0.15) is 5.75 Å². The van der Waals surface area contributed by atoms with Gasteiger partial charge < -0.3 is 15.1 Å². The summed E-state index contributed by atoms with van der Waals surface area (Å²) in [7, 11) is 2.13. The molecule has 2 N–H and O–H groups in total. The molecule has 4 heteroatoms. The van der Waals surface area contributed by atoms with Crippen molar-refractivity contribution in [1.82, 2.24) is 9.80 Å². The number of hydrogen-bond donors (Lipinski definition) is 2. The third-order valence-electron chi connectivity index (χ3n) is 3.32. The molecule has 0 aromatic heterocycles. The Labute approximate surface area is 102 Å². The van der Waals surface area contributed by atoms with Gasteiger partial charge in [-0.25, -0.2) is 0 Å². The molecule has 1 aromatic carbocycles. The fraction of sp³-hybridized carbons (Fsp3) is 0.538. The second-order valence-corrected chi connectivity index (χ2v) is 4.70. The monoisotopic (exact) mass is 236 g/mol. The van der Waals surface area contributed by atoms with Gasteiger partial charge in [0.2, 0.25) is 0 Å². The topological polar surface area (TPSA) is 46.9 Å². The summed E-state index contributed by atoms with van der Waals surface area (Å²) < 4.78 is 0. The molecular formula is C13H20N2O2. The van der Waals surface area contributed by atoms with Crippen LogP contribution in [0, 0.1) is 0 Å². The quantitative estimate of drug-likeness (QED) is 0.808. The van der Waals surface area contributed by atoms with Gasteiger partial charge in [-0.15, -0.1) is 0 Å². The van der Waals surface area contributed by atoms with Crippen LogP contribution in [0.2, 0.25) is 0 Å². The smallest absolute Gasteiger partial charge is 0.120 e. The van der Waals surface area contributed by atoms with Crippen LogP contribution in [0.1, 0.15) is 11.1 Å². The van der Waals surface area contributed by atoms with E-state index in [9.17, 15) is 5.11 Å². The van der Waals surface area contributed by atoms with E-state index in [1.807, 2.05) is 6.07 Å². The molecule has 2 rings (SSSR count). The van der Waals surface area contributed by atoms with Crippen molar-refractivity contribution in [1.29, 1.82) is 0 Å². The van der Waals surface area contributed by atoms with Crippen LogP contribution >= 0.6 is 0 Å². The molecule has 1 aromatic rings. The fourth-order valence-electron chi connectivity index (χ4n) is 2.11. The maximum absolute atomic E-state index is 9.79. The summed E-state index contributed by atoms with van der Waals surface area (Å²) >= 11 is 0. The molecule has 1 fully saturated rings. The van der Waals surface area contributed by atoms with Gasteiger partial charge in [-0.3, -0.25) is 4.90 Å². The van der Waals surface area contributed by atoms with E-state index in [1.165, 1.54) is 0 Å². The number of nitrogens with zero attached hydrogens (tertiary/aromatic N) is 2. The van der Waals surface area contributed by atoms with Crippen molar-refractivity contribution in [2.75, 3.05) is 33.2 Å². The molecule has 0 atom stereocenters. The molecule has 1 heterocycles. The molecule has 94 valence electrons. The van der Waals surface area contributed by atoms with Crippen LogP contribution in [0.25, 0.3) is 0 Å². The normalized spacial score (nSPS) is 18.5. The number of likely N-dealkylation sites (N-methyl/N-ethyl adjacent to an activating group) is 1. The van der Waals surface area contributed by atoms with E-state index < -0.39 is 0 Å². The predicted octanol–water partition coefficient (Wildman–Crippen LogP) is 0.632. The number of piperazine rings is 1. The van der Waals surface area contributed by atoms with E-state index in [1.54, 1.807) is 12.1 Å². The third-order valence-corrected chi connectivity index (χ3v) is 3.32. The fourth-order valence-corrected chi connectivity index (χ4v) is 2.11. The average molecular weight is 236 g/mol. The lowest BCUT2D eigenvalue weighted by atomic mass is 10.1. The first-order chi connectivity index (χ1) is 8.19. The van der Waals surface area contributed by atoms with E-state index in [0.29, 0.717) is 5.75 Å². The second kappa shape index (κ2) is 5.49. The van der Waals surface area contributed by atoms with E-state index in [2.05, 4.69) is 16.8 Å². The van der Waals surface area contributed by atoms with Crippen LogP contribution in [0.3, 0.4) is 0 Å². The Morgan fingerprint density at radius 2 is 1.88 bits per heavy atom. The summed E-state index contributed by atoms with van der Waals surface area (Å²) in [5.74, 6) is 0.320. The first-order valence-electron chi connectivity index (χ1n) is 6.01. The summed E-state index contributed by atoms with van der Waals surface area (Å²) in [5, 5.41) is 18.9. The van der Waals surface area contributed by atoms with Gasteiger partial charge in [-0.05, 0) is 24.7 Å². The Morgan fingerprint density at radius 1 is 1.18 bits per heavy atom. The van der Waals surface area contributed by atoms with Crippen molar-refractivity contribution < 1.29 is 10.2 Å². The summed E-state index contributed by atoms with van der Waals surface area (Å²) in [6, 6.07) is 5.30. The number of rotatable bonds is 3. The van der Waals surface area contributed by atoms with E-state index in [4.69, 9.17) is 5.11 Å². The zero-order valence-corrected chi connectivity index (χ0v) is 10.3. The lowest BCUT2D eigenvalue weighted by Gasteiger charge is -2.32. The summed E-state index contributed by atoms with van der Waals surface area (Å²) in [5.41, 5.74) is 1.76. The summed E-state index contributed by atoms with van der Waals surface area (Å²) in [6.07, 6.45) is 0. The van der Waals surface area contributed by atoms with Crippen LogP contribution in [0.4, 0.5) is 0 Å². The minimum Gasteiger partial charge on any atom is -0.508 e. The Morgan fingerprint density at radius 3 is 2.53 bits per heavy atom. The van der Waals surface area contributed by atoms with Crippen LogP contribution in [-0.4, -0.2) is 53.2 Å². The Hall–Kier alpha value is -1.10. The van der Waals surface area contributed by atoms with Crippen molar-refractivity contribution in [3.8, 4) is 5.75 Å². The number of hydrogen-bond acceptors (Lipinski definition) is 4. The van der Waals surface area contributed by atoms with Gasteiger partial charge in [0, 0.05) is 38.3 Å². The molecule has 1 saturated heterocycles. The van der Waals surface area contributed by atoms with Crippen LogP contribution in [0.5, 0.6) is 5.75 Å². The summed E-state index contributed by atoms with van der Waals surface area (Å²) in [6.45, 7) is 4.98. The van der Waals surface area contributed by atoms with Crippen molar-refractivity contribution in [3.63, 3.8) is 0 Å². The zero-order valence-electron chi connectivity index (χ0n) is 10.3. The predicted molar refractivity (Wildman–Crippen MR) is 66.8 cm³/mol. The van der Waals surface area contributed by atoms with Gasteiger partial charge in [-0.1, -0.05) is 6.07 Å². The van der Waals surface area contributed by atoms with Crippen LogP contribution < -0.4 is 0 Å². The van der Waals surface area contributed by atoms with E-state index in [-0.39, 0.29) is 6.61 Å². The lowest BCUT2D eigenvalue weighted by Crippen LogP contribution is -2.43. The van der Waals surface area contributed by atoms with Crippen molar-refractivity contribution in [3.05, 3.63) is 29.3 Å². The molecule has 0 aliphatic carbocycles. The lowest BCUT2D eigenvalue weighted by molar-refractivity contribution is 0.147. The molecule has 0 unspecified atom stereocenters. The summed E-state index contributed by atoms with van der Waals surface area (Å²) in [4.78, 5) is 4.64. The highest BCUT2D eigenvalue weighted by molar-refractivity contribution is 5.35. The number of aliphatic hydroxyl groups excluding tert-OH is 1. The van der Waals surface area contributed by atoms with Crippen molar-refractivity contribution in [2.45, 2.75) is 13.2 Å². The Bertz CT molecular complexity index is 374. The molecule has 17 heavy (non-hydrogen) atoms. The van der Waals surface area contributed by atoms with Gasteiger partial charge >= 0.3 is 0 Å². The molecule has 0 spiro atoms. The number of benzene rings is 1. The number of aliphatic hydroxyl groups is 1. The largest absolute Gasteiger partial charge is 0.508 e. The molecule has 0 saturated carbocycles. The highest BCUT2D eigenvalue weighted by atomic mass is 16.3. The van der Waals surface area contributed by atoms with E-state index in [0.717, 1.165) is 43.9 Å². The molecule has 0 bridgehead atoms. The van der Waals surface area contributed by atoms with Gasteiger partial charge in [0.15, 0.2) is 0 Å². The van der Waals surface area contributed by atoms with Gasteiger partial charge in [0.05, 0.1) is 6.61 Å². The standard InChI is InChI=1S/C13H20N2O2/c1-14-4-6-15(7-5-14)9-12-8-11(10-16)2-3-13(12)17/h2-3,8,16-17H,4-7,9-10H2,1H3. The van der Waals surface area contributed by atoms with Crippen molar-refractivity contribution in [2.24, 2.45) is 0 Å². The maximum Gasteiger partial charge on any atom is 0.120 e. The minimum atomic E-state index is 0.0238. The molecule has 0 radical (unpaired) electrons.